The van der Waals surface area contributed by atoms with Crippen LogP contribution in [0.25, 0.3) is 17.0 Å². The molecule has 1 atom stereocenters. The van der Waals surface area contributed by atoms with Crippen LogP contribution in [0, 0.1) is 11.6 Å². The fraction of sp³-hybridized carbons (Fsp3) is 0.269. The summed E-state index contributed by atoms with van der Waals surface area (Å²) in [4.78, 5) is 13.3. The quantitative estimate of drug-likeness (QED) is 0.434. The summed E-state index contributed by atoms with van der Waals surface area (Å²) in [7, 11) is 0. The lowest BCUT2D eigenvalue weighted by Crippen LogP contribution is -2.17. The van der Waals surface area contributed by atoms with Gasteiger partial charge in [0, 0.05) is 35.3 Å². The zero-order valence-electron chi connectivity index (χ0n) is 19.7. The van der Waals surface area contributed by atoms with Gasteiger partial charge in [0.1, 0.15) is 17.2 Å². The first-order valence-electron chi connectivity index (χ1n) is 10.9. The molecular weight excluding hydrogens is 436 g/mol. The lowest BCUT2D eigenvalue weighted by molar-refractivity contribution is 0.0739. The average molecular weight is 466 g/mol. The zero-order valence-corrected chi connectivity index (χ0v) is 19.7. The van der Waals surface area contributed by atoms with Gasteiger partial charge in [0.15, 0.2) is 0 Å². The summed E-state index contributed by atoms with van der Waals surface area (Å²) >= 11 is 0. The molecule has 3 rings (SSSR count). The maximum absolute atomic E-state index is 14.1. The lowest BCUT2D eigenvalue weighted by Gasteiger charge is -2.17. The predicted molar refractivity (Wildman–Crippen MR) is 129 cm³/mol. The topological polar surface area (TPSA) is 111 Å². The molecular formula is C26H29F2N5O. The van der Waals surface area contributed by atoms with Gasteiger partial charge in [0.25, 0.3) is 0 Å². The smallest absolute Gasteiger partial charge is 0.135 e. The molecule has 0 aliphatic carbocycles. The van der Waals surface area contributed by atoms with E-state index < -0.39 is 17.2 Å². The van der Waals surface area contributed by atoms with Crippen LogP contribution in [0.15, 0.2) is 66.3 Å². The highest BCUT2D eigenvalue weighted by atomic mass is 19.1. The van der Waals surface area contributed by atoms with Gasteiger partial charge in [0.2, 0.25) is 0 Å². The van der Waals surface area contributed by atoms with Crippen molar-refractivity contribution < 1.29 is 13.9 Å². The molecule has 0 bridgehead atoms. The number of aliphatic hydroxyl groups is 1. The third-order valence-electron chi connectivity index (χ3n) is 5.58. The fourth-order valence-electron chi connectivity index (χ4n) is 3.50. The van der Waals surface area contributed by atoms with Crippen molar-refractivity contribution in [3.63, 3.8) is 0 Å². The minimum absolute atomic E-state index is 0.0413. The van der Waals surface area contributed by atoms with E-state index in [0.29, 0.717) is 34.8 Å². The van der Waals surface area contributed by atoms with Gasteiger partial charge >= 0.3 is 0 Å². The van der Waals surface area contributed by atoms with Gasteiger partial charge in [0.05, 0.1) is 28.8 Å². The van der Waals surface area contributed by atoms with Crippen LogP contribution in [0.3, 0.4) is 0 Å². The molecule has 2 aromatic heterocycles. The SMILES string of the molecule is CCC(/C=C(\N)c1c(F)cccc1F)=C(/N)C(C)c1cncc(-c2ccc(C(C)(C)O)nc2)n1. The van der Waals surface area contributed by atoms with E-state index in [0.717, 1.165) is 17.7 Å². The molecule has 0 saturated carbocycles. The molecule has 0 aliphatic heterocycles. The molecule has 0 spiro atoms. The first-order chi connectivity index (χ1) is 16.0. The molecule has 0 fully saturated rings. The molecule has 0 aliphatic rings. The second kappa shape index (κ2) is 10.1. The molecule has 0 saturated heterocycles. The van der Waals surface area contributed by atoms with Crippen LogP contribution in [-0.2, 0) is 5.60 Å². The van der Waals surface area contributed by atoms with E-state index in [9.17, 15) is 13.9 Å². The van der Waals surface area contributed by atoms with Crippen LogP contribution in [0.5, 0.6) is 0 Å². The Balaban J connectivity index is 1.94. The highest BCUT2D eigenvalue weighted by molar-refractivity contribution is 5.67. The fourth-order valence-corrected chi connectivity index (χ4v) is 3.50. The van der Waals surface area contributed by atoms with Crippen molar-refractivity contribution in [3.05, 3.63) is 94.9 Å². The number of hydrogen-bond acceptors (Lipinski definition) is 6. The lowest BCUT2D eigenvalue weighted by atomic mass is 9.96. The summed E-state index contributed by atoms with van der Waals surface area (Å²) in [5, 5.41) is 10.1. The van der Waals surface area contributed by atoms with E-state index in [1.165, 1.54) is 12.1 Å². The first-order valence-corrected chi connectivity index (χ1v) is 10.9. The van der Waals surface area contributed by atoms with Crippen LogP contribution in [0.4, 0.5) is 8.78 Å². The van der Waals surface area contributed by atoms with E-state index in [4.69, 9.17) is 11.5 Å². The van der Waals surface area contributed by atoms with E-state index in [-0.39, 0.29) is 17.2 Å². The average Bonchev–Trinajstić information content (AvgIpc) is 2.81. The van der Waals surface area contributed by atoms with Gasteiger partial charge in [-0.25, -0.2) is 13.8 Å². The van der Waals surface area contributed by atoms with Crippen LogP contribution >= 0.6 is 0 Å². The Morgan fingerprint density at radius 3 is 2.32 bits per heavy atom. The molecule has 34 heavy (non-hydrogen) atoms. The van der Waals surface area contributed by atoms with Gasteiger partial charge in [-0.15, -0.1) is 0 Å². The van der Waals surface area contributed by atoms with Crippen LogP contribution in [0.2, 0.25) is 0 Å². The molecule has 8 heteroatoms. The van der Waals surface area contributed by atoms with Crippen molar-refractivity contribution in [2.24, 2.45) is 11.5 Å². The number of nitrogens with zero attached hydrogens (tertiary/aromatic N) is 3. The number of hydrogen-bond donors (Lipinski definition) is 3. The molecule has 1 aromatic carbocycles. The van der Waals surface area contributed by atoms with Crippen molar-refractivity contribution in [1.82, 2.24) is 15.0 Å². The van der Waals surface area contributed by atoms with Gasteiger partial charge in [-0.1, -0.05) is 19.9 Å². The molecule has 0 radical (unpaired) electrons. The molecule has 0 amide bonds. The maximum Gasteiger partial charge on any atom is 0.135 e. The normalized spacial score (nSPS) is 14.0. The van der Waals surface area contributed by atoms with Crippen molar-refractivity contribution in [2.75, 3.05) is 0 Å². The Morgan fingerprint density at radius 2 is 1.76 bits per heavy atom. The minimum atomic E-state index is -1.04. The Labute approximate surface area is 198 Å². The zero-order chi connectivity index (χ0) is 25.0. The summed E-state index contributed by atoms with van der Waals surface area (Å²) in [5.74, 6) is -1.81. The number of allylic oxidation sites excluding steroid dienone is 3. The van der Waals surface area contributed by atoms with Crippen molar-refractivity contribution in [3.8, 4) is 11.3 Å². The van der Waals surface area contributed by atoms with E-state index in [1.54, 1.807) is 38.5 Å². The Hall–Kier alpha value is -3.65. The molecule has 6 nitrogen and oxygen atoms in total. The second-order valence-corrected chi connectivity index (χ2v) is 8.57. The maximum atomic E-state index is 14.1. The van der Waals surface area contributed by atoms with Crippen LogP contribution < -0.4 is 11.5 Å². The Kier molecular flexibility index (Phi) is 7.41. The van der Waals surface area contributed by atoms with Crippen molar-refractivity contribution >= 4 is 5.70 Å². The summed E-state index contributed by atoms with van der Waals surface area (Å²) in [6, 6.07) is 7.16. The number of benzene rings is 1. The Bertz CT molecular complexity index is 1210. The number of rotatable bonds is 7. The van der Waals surface area contributed by atoms with Gasteiger partial charge in [-0.05, 0) is 56.2 Å². The molecule has 1 unspecified atom stereocenters. The summed E-state index contributed by atoms with van der Waals surface area (Å²) in [6.07, 6.45) is 6.88. The number of pyridine rings is 1. The minimum Gasteiger partial charge on any atom is -0.401 e. The van der Waals surface area contributed by atoms with Crippen molar-refractivity contribution in [2.45, 2.75) is 45.6 Å². The highest BCUT2D eigenvalue weighted by Gasteiger charge is 2.19. The molecule has 5 N–H and O–H groups in total. The Morgan fingerprint density at radius 1 is 1.09 bits per heavy atom. The van der Waals surface area contributed by atoms with E-state index in [2.05, 4.69) is 15.0 Å². The molecule has 3 aromatic rings. The highest BCUT2D eigenvalue weighted by Crippen LogP contribution is 2.28. The van der Waals surface area contributed by atoms with Crippen LogP contribution in [0.1, 0.15) is 57.0 Å². The monoisotopic (exact) mass is 465 g/mol. The summed E-state index contributed by atoms with van der Waals surface area (Å²) in [6.45, 7) is 7.09. The standard InChI is InChI=1S/C26H29F2N5O/c1-5-16(11-20(29)24-18(27)7-6-8-19(24)28)25(30)15(2)21-13-31-14-22(33-21)17-9-10-23(32-12-17)26(3,4)34/h6-15,34H,5,29-30H2,1-4H3/b20-11-,25-16-. The van der Waals surface area contributed by atoms with E-state index in [1.807, 2.05) is 19.9 Å². The first kappa shape index (κ1) is 25.0. The van der Waals surface area contributed by atoms with E-state index >= 15 is 0 Å². The van der Waals surface area contributed by atoms with Gasteiger partial charge in [-0.3, -0.25) is 9.97 Å². The van der Waals surface area contributed by atoms with Crippen molar-refractivity contribution in [1.29, 1.82) is 0 Å². The largest absolute Gasteiger partial charge is 0.401 e. The second-order valence-electron chi connectivity index (χ2n) is 8.57. The van der Waals surface area contributed by atoms with Crippen LogP contribution in [-0.4, -0.2) is 20.1 Å². The summed E-state index contributed by atoms with van der Waals surface area (Å²) in [5.41, 5.74) is 14.8. The number of nitrogens with two attached hydrogens (primary N) is 2. The molecule has 2 heterocycles. The van der Waals surface area contributed by atoms with Gasteiger partial charge in [-0.2, -0.15) is 0 Å². The number of aromatic nitrogens is 3. The molecule has 178 valence electrons. The van der Waals surface area contributed by atoms with Gasteiger partial charge < -0.3 is 16.6 Å². The third kappa shape index (κ3) is 5.46. The summed E-state index contributed by atoms with van der Waals surface area (Å²) < 4.78 is 28.3. The predicted octanol–water partition coefficient (Wildman–Crippen LogP) is 4.77. The third-order valence-corrected chi connectivity index (χ3v) is 5.58. The number of halogens is 2.